The molecule has 0 aliphatic carbocycles. The summed E-state index contributed by atoms with van der Waals surface area (Å²) in [4.78, 5) is 13.1. The highest BCUT2D eigenvalue weighted by Crippen LogP contribution is 2.29. The van der Waals surface area contributed by atoms with Crippen LogP contribution >= 0.6 is 11.3 Å². The standard InChI is InChI=1S/C13H11FOS/c1-2-11(15)13-7-6-12(16-13)9-4-3-5-10(14)8-9/h3-8H,2H2,1H3. The van der Waals surface area contributed by atoms with Gasteiger partial charge in [-0.15, -0.1) is 11.3 Å². The van der Waals surface area contributed by atoms with Crippen molar-refractivity contribution in [3.8, 4) is 10.4 Å². The van der Waals surface area contributed by atoms with Gasteiger partial charge in [0.15, 0.2) is 5.78 Å². The Balaban J connectivity index is 2.35. The number of hydrogen-bond donors (Lipinski definition) is 0. The van der Waals surface area contributed by atoms with Crippen molar-refractivity contribution >= 4 is 17.1 Å². The van der Waals surface area contributed by atoms with Crippen molar-refractivity contribution < 1.29 is 9.18 Å². The Hall–Kier alpha value is -1.48. The zero-order valence-corrected chi connectivity index (χ0v) is 9.68. The van der Waals surface area contributed by atoms with Crippen LogP contribution in [0.15, 0.2) is 36.4 Å². The number of carbonyl (C=O) groups excluding carboxylic acids is 1. The smallest absolute Gasteiger partial charge is 0.172 e. The number of rotatable bonds is 3. The van der Waals surface area contributed by atoms with E-state index in [4.69, 9.17) is 0 Å². The van der Waals surface area contributed by atoms with Crippen molar-refractivity contribution in [3.63, 3.8) is 0 Å². The quantitative estimate of drug-likeness (QED) is 0.729. The van der Waals surface area contributed by atoms with Gasteiger partial charge in [-0.25, -0.2) is 4.39 Å². The van der Waals surface area contributed by atoms with Crippen LogP contribution in [0.3, 0.4) is 0 Å². The van der Waals surface area contributed by atoms with Gasteiger partial charge < -0.3 is 0 Å². The fourth-order valence-corrected chi connectivity index (χ4v) is 2.47. The molecule has 16 heavy (non-hydrogen) atoms. The number of Topliss-reactive ketones (excluding diaryl/α,β-unsaturated/α-hetero) is 1. The van der Waals surface area contributed by atoms with E-state index < -0.39 is 0 Å². The number of halogens is 1. The van der Waals surface area contributed by atoms with Crippen LogP contribution in [0.1, 0.15) is 23.0 Å². The van der Waals surface area contributed by atoms with Crippen molar-refractivity contribution in [3.05, 3.63) is 47.1 Å². The second-order valence-corrected chi connectivity index (χ2v) is 4.53. The van der Waals surface area contributed by atoms with Crippen LogP contribution in [0, 0.1) is 5.82 Å². The summed E-state index contributed by atoms with van der Waals surface area (Å²) in [5.41, 5.74) is 0.820. The van der Waals surface area contributed by atoms with Crippen LogP contribution in [-0.4, -0.2) is 5.78 Å². The molecule has 0 bridgehead atoms. The van der Waals surface area contributed by atoms with Gasteiger partial charge in [0.25, 0.3) is 0 Å². The third kappa shape index (κ3) is 2.19. The van der Waals surface area contributed by atoms with Gasteiger partial charge in [-0.2, -0.15) is 0 Å². The van der Waals surface area contributed by atoms with E-state index >= 15 is 0 Å². The summed E-state index contributed by atoms with van der Waals surface area (Å²) in [7, 11) is 0. The Morgan fingerprint density at radius 1 is 1.31 bits per heavy atom. The van der Waals surface area contributed by atoms with Crippen LogP contribution in [0.4, 0.5) is 4.39 Å². The highest BCUT2D eigenvalue weighted by molar-refractivity contribution is 7.17. The first kappa shape index (κ1) is 11.0. The topological polar surface area (TPSA) is 17.1 Å². The summed E-state index contributed by atoms with van der Waals surface area (Å²) in [6, 6.07) is 10.1. The number of thiophene rings is 1. The predicted octanol–water partition coefficient (Wildman–Crippen LogP) is 4.15. The number of ketones is 1. The Bertz CT molecular complexity index is 516. The van der Waals surface area contributed by atoms with Crippen LogP contribution < -0.4 is 0 Å². The minimum absolute atomic E-state index is 0.132. The van der Waals surface area contributed by atoms with Gasteiger partial charge in [0.05, 0.1) is 4.88 Å². The largest absolute Gasteiger partial charge is 0.293 e. The molecular weight excluding hydrogens is 223 g/mol. The molecule has 0 N–H and O–H groups in total. The molecule has 0 atom stereocenters. The first-order valence-electron chi connectivity index (χ1n) is 5.09. The summed E-state index contributed by atoms with van der Waals surface area (Å²) >= 11 is 1.41. The summed E-state index contributed by atoms with van der Waals surface area (Å²) < 4.78 is 13.0. The second kappa shape index (κ2) is 4.58. The highest BCUT2D eigenvalue weighted by Gasteiger charge is 2.08. The molecule has 0 fully saturated rings. The molecule has 0 saturated carbocycles. The van der Waals surface area contributed by atoms with Crippen LogP contribution in [0.5, 0.6) is 0 Å². The van der Waals surface area contributed by atoms with Gasteiger partial charge in [-0.1, -0.05) is 19.1 Å². The minimum atomic E-state index is -0.255. The number of benzene rings is 1. The van der Waals surface area contributed by atoms with Gasteiger partial charge in [0.1, 0.15) is 5.82 Å². The maximum atomic E-state index is 13.0. The van der Waals surface area contributed by atoms with E-state index in [-0.39, 0.29) is 11.6 Å². The third-order valence-corrected chi connectivity index (χ3v) is 3.49. The van der Waals surface area contributed by atoms with E-state index in [9.17, 15) is 9.18 Å². The van der Waals surface area contributed by atoms with Crippen LogP contribution in [-0.2, 0) is 0 Å². The van der Waals surface area contributed by atoms with Crippen molar-refractivity contribution in [2.24, 2.45) is 0 Å². The summed E-state index contributed by atoms with van der Waals surface area (Å²) in [5, 5.41) is 0. The van der Waals surface area contributed by atoms with Crippen LogP contribution in [0.2, 0.25) is 0 Å². The molecule has 1 aromatic heterocycles. The Labute approximate surface area is 97.6 Å². The lowest BCUT2D eigenvalue weighted by molar-refractivity contribution is 0.0992. The van der Waals surface area contributed by atoms with E-state index in [1.165, 1.54) is 23.5 Å². The van der Waals surface area contributed by atoms with E-state index in [1.807, 2.05) is 19.1 Å². The summed E-state index contributed by atoms with van der Waals surface area (Å²) in [6.07, 6.45) is 0.503. The third-order valence-electron chi connectivity index (χ3n) is 2.31. The van der Waals surface area contributed by atoms with E-state index in [1.54, 1.807) is 12.1 Å². The predicted molar refractivity (Wildman–Crippen MR) is 64.3 cm³/mol. The zero-order chi connectivity index (χ0) is 11.5. The van der Waals surface area contributed by atoms with Crippen molar-refractivity contribution in [1.82, 2.24) is 0 Å². The molecule has 0 spiro atoms. The number of hydrogen-bond acceptors (Lipinski definition) is 2. The van der Waals surface area contributed by atoms with Gasteiger partial charge in [0.2, 0.25) is 0 Å². The Morgan fingerprint density at radius 2 is 2.12 bits per heavy atom. The van der Waals surface area contributed by atoms with Crippen LogP contribution in [0.25, 0.3) is 10.4 Å². The molecule has 3 heteroatoms. The maximum absolute atomic E-state index is 13.0. The Kier molecular flexibility index (Phi) is 3.15. The van der Waals surface area contributed by atoms with Gasteiger partial charge in [-0.3, -0.25) is 4.79 Å². The monoisotopic (exact) mass is 234 g/mol. The van der Waals surface area contributed by atoms with E-state index in [2.05, 4.69) is 0 Å². The molecule has 0 aliphatic heterocycles. The Morgan fingerprint density at radius 3 is 2.81 bits per heavy atom. The molecule has 0 aliphatic rings. The molecule has 0 unspecified atom stereocenters. The molecule has 1 aromatic carbocycles. The SMILES string of the molecule is CCC(=O)c1ccc(-c2cccc(F)c2)s1. The average Bonchev–Trinajstić information content (AvgIpc) is 2.77. The summed E-state index contributed by atoms with van der Waals surface area (Å²) in [6.45, 7) is 1.84. The number of carbonyl (C=O) groups is 1. The molecule has 82 valence electrons. The molecule has 2 aromatic rings. The zero-order valence-electron chi connectivity index (χ0n) is 8.87. The lowest BCUT2D eigenvalue weighted by Gasteiger charge is -1.96. The van der Waals surface area contributed by atoms with E-state index in [0.29, 0.717) is 6.42 Å². The molecule has 1 heterocycles. The molecule has 0 radical (unpaired) electrons. The van der Waals surface area contributed by atoms with Crippen molar-refractivity contribution in [2.45, 2.75) is 13.3 Å². The van der Waals surface area contributed by atoms with Gasteiger partial charge in [-0.05, 0) is 29.8 Å². The minimum Gasteiger partial charge on any atom is -0.293 e. The molecule has 0 amide bonds. The molecular formula is C13H11FOS. The normalized spacial score (nSPS) is 10.4. The maximum Gasteiger partial charge on any atom is 0.172 e. The van der Waals surface area contributed by atoms with Gasteiger partial charge >= 0.3 is 0 Å². The van der Waals surface area contributed by atoms with E-state index in [0.717, 1.165) is 15.3 Å². The first-order valence-corrected chi connectivity index (χ1v) is 5.91. The summed E-state index contributed by atoms with van der Waals surface area (Å²) in [5.74, 6) is -0.123. The highest BCUT2D eigenvalue weighted by atomic mass is 32.1. The van der Waals surface area contributed by atoms with Gasteiger partial charge in [0, 0.05) is 11.3 Å². The lowest BCUT2D eigenvalue weighted by atomic mass is 10.2. The van der Waals surface area contributed by atoms with Crippen molar-refractivity contribution in [1.29, 1.82) is 0 Å². The first-order chi connectivity index (χ1) is 7.70. The average molecular weight is 234 g/mol. The molecule has 2 rings (SSSR count). The molecule has 1 nitrogen and oxygen atoms in total. The molecule has 0 saturated heterocycles. The van der Waals surface area contributed by atoms with Crippen molar-refractivity contribution in [2.75, 3.05) is 0 Å². The lowest BCUT2D eigenvalue weighted by Crippen LogP contribution is -1.90. The fourth-order valence-electron chi connectivity index (χ4n) is 1.46. The second-order valence-electron chi connectivity index (χ2n) is 3.45. The fraction of sp³-hybridized carbons (Fsp3) is 0.154.